The number of carbonyl (C=O) groups excluding carboxylic acids is 2. The molecule has 2 heterocycles. The molecule has 0 aromatic carbocycles. The molecule has 1 aliphatic carbocycles. The van der Waals surface area contributed by atoms with E-state index >= 15 is 0 Å². The first-order valence-corrected chi connectivity index (χ1v) is 9.49. The minimum Gasteiger partial charge on any atom is -0.459 e. The predicted octanol–water partition coefficient (Wildman–Crippen LogP) is 2.74. The summed E-state index contributed by atoms with van der Waals surface area (Å²) < 4.78 is 11.0. The lowest BCUT2D eigenvalue weighted by Gasteiger charge is -2.23. The van der Waals surface area contributed by atoms with Crippen molar-refractivity contribution in [3.05, 3.63) is 24.2 Å². The predicted molar refractivity (Wildman–Crippen MR) is 93.2 cm³/mol. The fraction of sp³-hybridized carbons (Fsp3) is 0.684. The Kier molecular flexibility index (Phi) is 6.50. The minimum atomic E-state index is -0.392. The summed E-state index contributed by atoms with van der Waals surface area (Å²) in [5.41, 5.74) is 0. The monoisotopic (exact) mass is 348 g/mol. The summed E-state index contributed by atoms with van der Waals surface area (Å²) in [6, 6.07) is 2.93. The number of nitrogens with zero attached hydrogens (tertiary/aromatic N) is 1. The Labute approximate surface area is 148 Å². The van der Waals surface area contributed by atoms with E-state index < -0.39 is 6.04 Å². The van der Waals surface area contributed by atoms with Crippen LogP contribution in [0, 0.1) is 0 Å². The summed E-state index contributed by atoms with van der Waals surface area (Å²) in [6.45, 7) is 1.87. The molecule has 2 fully saturated rings. The highest BCUT2D eigenvalue weighted by molar-refractivity contribution is 5.95. The molecule has 138 valence electrons. The zero-order valence-corrected chi connectivity index (χ0v) is 14.7. The van der Waals surface area contributed by atoms with Gasteiger partial charge in [-0.25, -0.2) is 0 Å². The first kappa shape index (κ1) is 18.0. The Bertz CT molecular complexity index is 552. The average Bonchev–Trinajstić information content (AvgIpc) is 3.33. The van der Waals surface area contributed by atoms with E-state index in [2.05, 4.69) is 5.32 Å². The number of nitrogens with one attached hydrogen (secondary N) is 1. The van der Waals surface area contributed by atoms with Gasteiger partial charge >= 0.3 is 0 Å². The molecule has 1 aromatic rings. The summed E-state index contributed by atoms with van der Waals surface area (Å²) in [7, 11) is 0. The highest BCUT2D eigenvalue weighted by Gasteiger charge is 2.35. The SMILES string of the molecule is O=C(NCCCOC1CCCCC1)C1CCCN1C(=O)c1ccco1. The Hall–Kier alpha value is -1.82. The third-order valence-corrected chi connectivity index (χ3v) is 5.07. The minimum absolute atomic E-state index is 0.0740. The zero-order chi connectivity index (χ0) is 17.5. The maximum absolute atomic E-state index is 12.4. The number of rotatable bonds is 7. The van der Waals surface area contributed by atoms with Crippen molar-refractivity contribution in [3.8, 4) is 0 Å². The maximum Gasteiger partial charge on any atom is 0.290 e. The van der Waals surface area contributed by atoms with E-state index in [0.717, 1.165) is 25.7 Å². The number of ether oxygens (including phenoxy) is 1. The van der Waals surface area contributed by atoms with Crippen LogP contribution in [0.1, 0.15) is 61.9 Å². The fourth-order valence-corrected chi connectivity index (χ4v) is 3.71. The van der Waals surface area contributed by atoms with Crippen molar-refractivity contribution in [3.63, 3.8) is 0 Å². The molecule has 0 spiro atoms. The van der Waals surface area contributed by atoms with Crippen LogP contribution in [0.2, 0.25) is 0 Å². The van der Waals surface area contributed by atoms with E-state index in [9.17, 15) is 9.59 Å². The first-order valence-electron chi connectivity index (χ1n) is 9.49. The lowest BCUT2D eigenvalue weighted by Crippen LogP contribution is -2.46. The van der Waals surface area contributed by atoms with Crippen molar-refractivity contribution in [2.24, 2.45) is 0 Å². The van der Waals surface area contributed by atoms with Crippen molar-refractivity contribution < 1.29 is 18.7 Å². The van der Waals surface area contributed by atoms with E-state index in [1.807, 2.05) is 0 Å². The summed E-state index contributed by atoms with van der Waals surface area (Å²) >= 11 is 0. The van der Waals surface area contributed by atoms with Gasteiger partial charge in [0.1, 0.15) is 6.04 Å². The van der Waals surface area contributed by atoms with Crippen molar-refractivity contribution in [2.75, 3.05) is 19.7 Å². The zero-order valence-electron chi connectivity index (χ0n) is 14.7. The Balaban J connectivity index is 1.37. The Morgan fingerprint density at radius 2 is 2.04 bits per heavy atom. The lowest BCUT2D eigenvalue weighted by atomic mass is 9.98. The number of furan rings is 1. The largest absolute Gasteiger partial charge is 0.459 e. The van der Waals surface area contributed by atoms with Crippen molar-refractivity contribution in [1.82, 2.24) is 10.2 Å². The molecule has 0 bridgehead atoms. The highest BCUT2D eigenvalue weighted by Crippen LogP contribution is 2.21. The molecule has 0 radical (unpaired) electrons. The number of carbonyl (C=O) groups is 2. The van der Waals surface area contributed by atoms with E-state index in [1.165, 1.54) is 25.5 Å². The molecular formula is C19H28N2O4. The summed E-state index contributed by atoms with van der Waals surface area (Å²) in [6.07, 6.45) is 10.4. The van der Waals surface area contributed by atoms with Crippen molar-refractivity contribution in [1.29, 1.82) is 0 Å². The smallest absolute Gasteiger partial charge is 0.290 e. The van der Waals surface area contributed by atoms with Gasteiger partial charge in [0.25, 0.3) is 5.91 Å². The second-order valence-electron chi connectivity index (χ2n) is 6.91. The van der Waals surface area contributed by atoms with E-state index in [1.54, 1.807) is 17.0 Å². The van der Waals surface area contributed by atoms with Crippen LogP contribution in [0.5, 0.6) is 0 Å². The van der Waals surface area contributed by atoms with Crippen LogP contribution in [0.25, 0.3) is 0 Å². The third-order valence-electron chi connectivity index (χ3n) is 5.07. The van der Waals surface area contributed by atoms with Gasteiger partial charge < -0.3 is 19.4 Å². The van der Waals surface area contributed by atoms with E-state index in [4.69, 9.17) is 9.15 Å². The second-order valence-corrected chi connectivity index (χ2v) is 6.91. The molecule has 1 unspecified atom stereocenters. The van der Waals surface area contributed by atoms with Crippen LogP contribution in [-0.2, 0) is 9.53 Å². The van der Waals surface area contributed by atoms with Gasteiger partial charge in [-0.15, -0.1) is 0 Å². The average molecular weight is 348 g/mol. The normalized spacial score (nSPS) is 21.4. The van der Waals surface area contributed by atoms with Gasteiger partial charge in [0.2, 0.25) is 5.91 Å². The van der Waals surface area contributed by atoms with Gasteiger partial charge in [-0.1, -0.05) is 19.3 Å². The number of amides is 2. The van der Waals surface area contributed by atoms with Gasteiger partial charge in [-0.3, -0.25) is 9.59 Å². The van der Waals surface area contributed by atoms with Crippen LogP contribution in [-0.4, -0.2) is 48.6 Å². The maximum atomic E-state index is 12.4. The first-order chi connectivity index (χ1) is 12.3. The van der Waals surface area contributed by atoms with Crippen LogP contribution in [0.15, 0.2) is 22.8 Å². The summed E-state index contributed by atoms with van der Waals surface area (Å²) in [5.74, 6) is 0.0129. The molecule has 1 atom stereocenters. The van der Waals surface area contributed by atoms with E-state index in [-0.39, 0.29) is 11.8 Å². The quantitative estimate of drug-likeness (QED) is 0.769. The highest BCUT2D eigenvalue weighted by atomic mass is 16.5. The number of hydrogen-bond donors (Lipinski definition) is 1. The summed E-state index contributed by atoms with van der Waals surface area (Å²) in [5, 5.41) is 2.95. The van der Waals surface area contributed by atoms with Crippen LogP contribution in [0.4, 0.5) is 0 Å². The Morgan fingerprint density at radius 3 is 2.80 bits per heavy atom. The van der Waals surface area contributed by atoms with Crippen LogP contribution < -0.4 is 5.32 Å². The standard InChI is InChI=1S/C19H28N2O4/c22-18(20-11-6-14-24-15-7-2-1-3-8-15)16-9-4-12-21(16)19(23)17-10-5-13-25-17/h5,10,13,15-16H,1-4,6-9,11-12,14H2,(H,20,22). The molecule has 6 heteroatoms. The molecule has 1 aromatic heterocycles. The lowest BCUT2D eigenvalue weighted by molar-refractivity contribution is -0.124. The molecule has 2 aliphatic rings. The van der Waals surface area contributed by atoms with Crippen LogP contribution in [0.3, 0.4) is 0 Å². The molecule has 3 rings (SSSR count). The summed E-state index contributed by atoms with van der Waals surface area (Å²) in [4.78, 5) is 26.4. The van der Waals surface area contributed by atoms with Crippen molar-refractivity contribution >= 4 is 11.8 Å². The van der Waals surface area contributed by atoms with Gasteiger partial charge in [0, 0.05) is 19.7 Å². The molecule has 1 aliphatic heterocycles. The molecule has 25 heavy (non-hydrogen) atoms. The molecular weight excluding hydrogens is 320 g/mol. The van der Waals surface area contributed by atoms with Crippen molar-refractivity contribution in [2.45, 2.75) is 63.5 Å². The fourth-order valence-electron chi connectivity index (χ4n) is 3.71. The van der Waals surface area contributed by atoms with Crippen LogP contribution >= 0.6 is 0 Å². The van der Waals surface area contributed by atoms with E-state index in [0.29, 0.717) is 38.0 Å². The third kappa shape index (κ3) is 4.84. The van der Waals surface area contributed by atoms with Gasteiger partial charge in [-0.2, -0.15) is 0 Å². The second kappa shape index (κ2) is 9.04. The molecule has 1 N–H and O–H groups in total. The number of hydrogen-bond acceptors (Lipinski definition) is 4. The van der Waals surface area contributed by atoms with Gasteiger partial charge in [0.05, 0.1) is 12.4 Å². The topological polar surface area (TPSA) is 71.8 Å². The molecule has 2 amide bonds. The molecule has 1 saturated carbocycles. The molecule has 6 nitrogen and oxygen atoms in total. The van der Waals surface area contributed by atoms with Gasteiger partial charge in [-0.05, 0) is 44.2 Å². The molecule has 1 saturated heterocycles. The Morgan fingerprint density at radius 1 is 1.20 bits per heavy atom. The number of likely N-dealkylation sites (tertiary alicyclic amines) is 1. The van der Waals surface area contributed by atoms with Gasteiger partial charge in [0.15, 0.2) is 5.76 Å².